The van der Waals surface area contributed by atoms with Crippen LogP contribution in [0.2, 0.25) is 36.3 Å². The van der Waals surface area contributed by atoms with Gasteiger partial charge in [0, 0.05) is 39.1 Å². The van der Waals surface area contributed by atoms with Crippen molar-refractivity contribution in [3.05, 3.63) is 59.7 Å². The first kappa shape index (κ1) is 69.4. The van der Waals surface area contributed by atoms with Gasteiger partial charge in [-0.25, -0.2) is 0 Å². The number of benzene rings is 2. The minimum absolute atomic E-state index is 0.0948. The Morgan fingerprint density at radius 1 is 0.564 bits per heavy atom. The fourth-order valence-electron chi connectivity index (χ4n) is 8.82. The number of methoxy groups -OCH3 is 4. The largest absolute Gasteiger partial charge is 0.497 e. The lowest BCUT2D eigenvalue weighted by Gasteiger charge is -2.40. The van der Waals surface area contributed by atoms with E-state index in [0.717, 1.165) is 22.6 Å². The molecule has 10 atom stereocenters. The standard InChI is InChI=1S/C31H51F3O7Si.C26H43F3O6Si/c1-29(2,3)28(35)39-18-17-24-23(20-38-19-21-11-13-22(36-7)14-12-21)27(37-8)25(40-24)15-16-26(31(32,33)34)41-42(9,10)30(4,5)6;1-25(2,3)36(6,7)35-23(26(27,28)29)13-12-22-24(32-5)20(21(34-22)14-15-30)17-33-16-18-8-10-19(31-4)11-9-18/h11-14,23-27H,15-20H2,1-10H3;8-11,20-24,30H,12-17H2,1-7H3/t23-,24-,25+,26?,27+;20-,21-,22+,23?,24+/m00/s1. The molecule has 2 fully saturated rings. The van der Waals surface area contributed by atoms with Gasteiger partial charge in [-0.05, 0) is 125 Å². The molecule has 0 radical (unpaired) electrons. The number of hydrogen-bond acceptors (Lipinski definition) is 13. The number of esters is 1. The van der Waals surface area contributed by atoms with Crippen molar-refractivity contribution < 1.29 is 87.7 Å². The second-order valence-corrected chi connectivity index (χ2v) is 34.1. The van der Waals surface area contributed by atoms with Crippen molar-refractivity contribution in [3.8, 4) is 11.5 Å². The third kappa shape index (κ3) is 21.2. The molecule has 0 aliphatic carbocycles. The van der Waals surface area contributed by atoms with Gasteiger partial charge in [-0.3, -0.25) is 4.79 Å². The number of carbonyl (C=O) groups excluding carboxylic acids is 1. The van der Waals surface area contributed by atoms with Gasteiger partial charge in [0.2, 0.25) is 0 Å². The van der Waals surface area contributed by atoms with E-state index in [9.17, 15) is 36.2 Å². The first-order chi connectivity index (χ1) is 36.0. The van der Waals surface area contributed by atoms with E-state index in [2.05, 4.69) is 0 Å². The van der Waals surface area contributed by atoms with Crippen LogP contribution >= 0.6 is 0 Å². The second-order valence-electron chi connectivity index (χ2n) is 24.5. The molecule has 0 saturated carbocycles. The number of aliphatic hydroxyl groups excluding tert-OH is 1. The molecule has 450 valence electrons. The smallest absolute Gasteiger partial charge is 0.413 e. The van der Waals surface area contributed by atoms with E-state index in [0.29, 0.717) is 32.7 Å². The molecular formula is C57H94F6O13Si2. The predicted octanol–water partition coefficient (Wildman–Crippen LogP) is 13.0. The lowest BCUT2D eigenvalue weighted by molar-refractivity contribution is -0.202. The average Bonchev–Trinajstić information content (AvgIpc) is 3.85. The summed E-state index contributed by atoms with van der Waals surface area (Å²) in [4.78, 5) is 12.3. The number of halogens is 6. The first-order valence-corrected chi connectivity index (χ1v) is 32.9. The maximum Gasteiger partial charge on any atom is 0.413 e. The number of hydrogen-bond donors (Lipinski definition) is 1. The molecule has 1 N–H and O–H groups in total. The SMILES string of the molecule is COc1ccc(COC[C@@H]2[C@@H](OC)[C@@H](CCC(O[Si](C)(C)C(C)(C)C)C(F)(F)F)O[C@H]2CCO)cc1.COc1ccc(COC[C@@H]2[C@@H](OC)[C@@H](CCC(O[Si](C)(C)C(C)(C)C)C(F)(F)F)O[C@H]2CCOC(=O)C(C)(C)C)cc1. The molecule has 2 heterocycles. The van der Waals surface area contributed by atoms with Crippen LogP contribution in [0.1, 0.15) is 112 Å². The summed E-state index contributed by atoms with van der Waals surface area (Å²) in [5, 5.41) is 8.83. The van der Waals surface area contributed by atoms with Crippen LogP contribution in [0, 0.1) is 17.3 Å². The Labute approximate surface area is 463 Å². The summed E-state index contributed by atoms with van der Waals surface area (Å²) in [6, 6.07) is 15.0. The highest BCUT2D eigenvalue weighted by Crippen LogP contribution is 2.44. The molecule has 2 aromatic rings. The van der Waals surface area contributed by atoms with Crippen molar-refractivity contribution >= 4 is 22.6 Å². The van der Waals surface area contributed by atoms with E-state index in [1.807, 2.05) is 116 Å². The molecular weight excluding hydrogens is 1060 g/mol. The Bertz CT molecular complexity index is 2040. The molecule has 2 aromatic carbocycles. The van der Waals surface area contributed by atoms with Gasteiger partial charge in [0.05, 0.1) is 89.3 Å². The zero-order valence-corrected chi connectivity index (χ0v) is 51.5. The van der Waals surface area contributed by atoms with E-state index in [1.54, 1.807) is 35.0 Å². The van der Waals surface area contributed by atoms with Crippen molar-refractivity contribution in [1.29, 1.82) is 0 Å². The molecule has 0 spiro atoms. The Morgan fingerprint density at radius 3 is 1.22 bits per heavy atom. The van der Waals surface area contributed by atoms with E-state index < -0.39 is 77.1 Å². The summed E-state index contributed by atoms with van der Waals surface area (Å²) in [6.07, 6.45) is -15.1. The molecule has 2 aliphatic rings. The number of aliphatic hydroxyl groups is 1. The maximum absolute atomic E-state index is 14.1. The van der Waals surface area contributed by atoms with Gasteiger partial charge in [-0.1, -0.05) is 65.8 Å². The van der Waals surface area contributed by atoms with E-state index in [1.165, 1.54) is 14.2 Å². The Kier molecular flexibility index (Phi) is 26.6. The number of ether oxygens (including phenoxy) is 9. The number of rotatable bonds is 27. The van der Waals surface area contributed by atoms with Crippen LogP contribution in [0.5, 0.6) is 11.5 Å². The second kappa shape index (κ2) is 29.9. The summed E-state index contributed by atoms with van der Waals surface area (Å²) in [5.41, 5.74) is 1.27. The van der Waals surface area contributed by atoms with Crippen LogP contribution < -0.4 is 9.47 Å². The Hall–Kier alpha value is -2.84. The Morgan fingerprint density at radius 2 is 0.923 bits per heavy atom. The number of carbonyl (C=O) groups is 1. The van der Waals surface area contributed by atoms with Crippen molar-refractivity contribution in [2.24, 2.45) is 17.3 Å². The van der Waals surface area contributed by atoms with Gasteiger partial charge < -0.3 is 56.6 Å². The normalized spacial score (nSPS) is 23.4. The molecule has 21 heteroatoms. The summed E-state index contributed by atoms with van der Waals surface area (Å²) in [6.45, 7) is 25.4. The van der Waals surface area contributed by atoms with Gasteiger partial charge in [0.15, 0.2) is 16.6 Å². The number of alkyl halides is 6. The van der Waals surface area contributed by atoms with E-state index in [4.69, 9.17) is 51.5 Å². The topological polar surface area (TPSA) is 139 Å². The monoisotopic (exact) mass is 1160 g/mol. The van der Waals surface area contributed by atoms with E-state index in [-0.39, 0.29) is 79.5 Å². The zero-order valence-electron chi connectivity index (χ0n) is 49.5. The molecule has 78 heavy (non-hydrogen) atoms. The summed E-state index contributed by atoms with van der Waals surface area (Å²) < 4.78 is 147. The van der Waals surface area contributed by atoms with Gasteiger partial charge >= 0.3 is 18.3 Å². The highest BCUT2D eigenvalue weighted by Gasteiger charge is 2.52. The third-order valence-electron chi connectivity index (χ3n) is 15.6. The fraction of sp³-hybridized carbons (Fsp3) is 0.772. The van der Waals surface area contributed by atoms with Crippen LogP contribution in [0.15, 0.2) is 48.5 Å². The zero-order chi connectivity index (χ0) is 59.1. The lowest BCUT2D eigenvalue weighted by Crippen LogP contribution is -2.48. The van der Waals surface area contributed by atoms with Crippen molar-refractivity contribution in [2.75, 3.05) is 54.9 Å². The summed E-state index contributed by atoms with van der Waals surface area (Å²) in [7, 11) is 0.966. The highest BCUT2D eigenvalue weighted by molar-refractivity contribution is 6.74. The van der Waals surface area contributed by atoms with Crippen LogP contribution in [0.3, 0.4) is 0 Å². The van der Waals surface area contributed by atoms with Gasteiger partial charge in [-0.15, -0.1) is 0 Å². The summed E-state index contributed by atoms with van der Waals surface area (Å²) in [5.74, 6) is 0.685. The molecule has 4 rings (SSSR count). The minimum atomic E-state index is -4.50. The lowest BCUT2D eigenvalue weighted by atomic mass is 9.93. The first-order valence-electron chi connectivity index (χ1n) is 27.1. The van der Waals surface area contributed by atoms with Gasteiger partial charge in [0.25, 0.3) is 0 Å². The van der Waals surface area contributed by atoms with Gasteiger partial charge in [0.1, 0.15) is 23.7 Å². The Balaban J connectivity index is 0.000000415. The van der Waals surface area contributed by atoms with Crippen LogP contribution in [0.25, 0.3) is 0 Å². The van der Waals surface area contributed by atoms with Crippen molar-refractivity contribution in [3.63, 3.8) is 0 Å². The fourth-order valence-corrected chi connectivity index (χ4v) is 11.5. The van der Waals surface area contributed by atoms with Crippen molar-refractivity contribution in [2.45, 2.75) is 212 Å². The molecule has 2 unspecified atom stereocenters. The van der Waals surface area contributed by atoms with Crippen LogP contribution in [-0.2, 0) is 60.0 Å². The highest BCUT2D eigenvalue weighted by atomic mass is 28.4. The van der Waals surface area contributed by atoms with Gasteiger partial charge in [-0.2, -0.15) is 26.3 Å². The molecule has 2 saturated heterocycles. The van der Waals surface area contributed by atoms with Crippen molar-refractivity contribution in [1.82, 2.24) is 0 Å². The van der Waals surface area contributed by atoms with Crippen LogP contribution in [0.4, 0.5) is 26.3 Å². The third-order valence-corrected chi connectivity index (χ3v) is 24.5. The predicted molar refractivity (Wildman–Crippen MR) is 293 cm³/mol. The molecule has 0 amide bonds. The molecule has 0 aromatic heterocycles. The van der Waals surface area contributed by atoms with Crippen LogP contribution in [-0.4, -0.2) is 144 Å². The minimum Gasteiger partial charge on any atom is -0.497 e. The molecule has 13 nitrogen and oxygen atoms in total. The maximum atomic E-state index is 14.1. The quantitative estimate of drug-likeness (QED) is 0.0516. The van der Waals surface area contributed by atoms with E-state index >= 15 is 0 Å². The summed E-state index contributed by atoms with van der Waals surface area (Å²) >= 11 is 0. The molecule has 2 aliphatic heterocycles. The molecule has 0 bridgehead atoms. The average molecular weight is 1160 g/mol.